The molecule has 2 aliphatic rings. The molecule has 0 spiro atoms. The van der Waals surface area contributed by atoms with Gasteiger partial charge in [-0.1, -0.05) is 36.4 Å². The average molecular weight is 406 g/mol. The molecule has 0 saturated heterocycles. The van der Waals surface area contributed by atoms with Gasteiger partial charge >= 0.3 is 46.7 Å². The van der Waals surface area contributed by atoms with Gasteiger partial charge in [-0.25, -0.2) is 12.2 Å². The standard InChI is InChI=1S/C13H9.C5H5.C4H6.2CH3.Zr/c1-3-7-12-10(5-1)9-11-6-2-4-8-13(11)12;1-2-4-5-3-1;1-2-4-3-1;;;/h1-9H;1-3H,4H2;1-3H2;2*1H3;/q2*-1;;2*-1;. The minimum atomic E-state index is 0. The van der Waals surface area contributed by atoms with Gasteiger partial charge in [0.2, 0.25) is 0 Å². The quantitative estimate of drug-likeness (QED) is 0.360. The van der Waals surface area contributed by atoms with Crippen molar-refractivity contribution in [1.29, 1.82) is 0 Å². The Bertz CT molecular complexity index is 782. The summed E-state index contributed by atoms with van der Waals surface area (Å²) in [5, 5.41) is 5.39. The fraction of sp³-hybridized carbons (Fsp3) is 0.167. The van der Waals surface area contributed by atoms with Crippen LogP contribution in [0.5, 0.6) is 0 Å². The van der Waals surface area contributed by atoms with Crippen LogP contribution in [0.2, 0.25) is 0 Å². The van der Waals surface area contributed by atoms with Crippen LogP contribution in [0.15, 0.2) is 72.8 Å². The van der Waals surface area contributed by atoms with Crippen LogP contribution in [0.3, 0.4) is 0 Å². The van der Waals surface area contributed by atoms with Gasteiger partial charge in [0.05, 0.1) is 0 Å². The zero-order valence-corrected chi connectivity index (χ0v) is 17.7. The molecule has 0 heterocycles. The predicted octanol–water partition coefficient (Wildman–Crippen LogP) is 6.81. The van der Waals surface area contributed by atoms with Gasteiger partial charge in [0.25, 0.3) is 0 Å². The van der Waals surface area contributed by atoms with E-state index in [2.05, 4.69) is 66.7 Å². The maximum Gasteiger partial charge on any atom is -0.0771 e. The second-order valence-electron chi connectivity index (χ2n) is 5.78. The third-order valence-electron chi connectivity index (χ3n) is 4.07. The molecule has 0 bridgehead atoms. The van der Waals surface area contributed by atoms with Gasteiger partial charge in [-0.2, -0.15) is 6.08 Å². The fourth-order valence-corrected chi connectivity index (χ4v) is 3.47. The van der Waals surface area contributed by atoms with E-state index in [1.54, 1.807) is 27.4 Å². The summed E-state index contributed by atoms with van der Waals surface area (Å²) in [6, 6.07) is 19.3. The average Bonchev–Trinajstić information content (AvgIpc) is 3.24. The first-order valence-corrected chi connectivity index (χ1v) is 9.39. The summed E-state index contributed by atoms with van der Waals surface area (Å²) in [6.45, 7) is 0. The molecular weight excluding hydrogens is 379 g/mol. The van der Waals surface area contributed by atoms with Crippen molar-refractivity contribution in [2.45, 2.75) is 25.7 Å². The van der Waals surface area contributed by atoms with E-state index in [1.807, 2.05) is 12.2 Å². The van der Waals surface area contributed by atoms with Crippen LogP contribution in [0, 0.1) is 20.9 Å². The monoisotopic (exact) mass is 404 g/mol. The molecule has 2 aliphatic carbocycles. The molecule has 1 saturated carbocycles. The van der Waals surface area contributed by atoms with Crippen LogP contribution in [-0.4, -0.2) is 3.21 Å². The van der Waals surface area contributed by atoms with Crippen LogP contribution in [0.1, 0.15) is 25.7 Å². The minimum Gasteiger partial charge on any atom is -0.126 e. The van der Waals surface area contributed by atoms with E-state index in [4.69, 9.17) is 0 Å². The van der Waals surface area contributed by atoms with Crippen molar-refractivity contribution in [2.75, 3.05) is 0 Å². The van der Waals surface area contributed by atoms with Gasteiger partial charge in [-0.3, -0.25) is 6.08 Å². The summed E-state index contributed by atoms with van der Waals surface area (Å²) in [5.74, 6) is 0. The first-order valence-electron chi connectivity index (χ1n) is 8.16. The Kier molecular flexibility index (Phi) is 9.68. The van der Waals surface area contributed by atoms with Crippen molar-refractivity contribution in [2.24, 2.45) is 0 Å². The molecule has 0 atom stereocenters. The van der Waals surface area contributed by atoms with Gasteiger partial charge in [-0.15, -0.1) is 46.2 Å². The predicted molar refractivity (Wildman–Crippen MR) is 110 cm³/mol. The van der Waals surface area contributed by atoms with Gasteiger partial charge in [0.1, 0.15) is 0 Å². The summed E-state index contributed by atoms with van der Waals surface area (Å²) in [6.07, 6.45) is 14.4. The summed E-state index contributed by atoms with van der Waals surface area (Å²) >= 11 is 1.67. The van der Waals surface area contributed by atoms with Crippen molar-refractivity contribution in [1.82, 2.24) is 0 Å². The van der Waals surface area contributed by atoms with Crippen LogP contribution >= 0.6 is 0 Å². The molecule has 25 heavy (non-hydrogen) atoms. The topological polar surface area (TPSA) is 0 Å². The molecule has 0 aromatic heterocycles. The first kappa shape index (κ1) is 21.6. The van der Waals surface area contributed by atoms with Crippen molar-refractivity contribution >= 4 is 24.8 Å². The molecule has 0 N–H and O–H groups in total. The zero-order chi connectivity index (χ0) is 15.9. The van der Waals surface area contributed by atoms with Crippen LogP contribution in [0.25, 0.3) is 21.5 Å². The third kappa shape index (κ3) is 6.08. The molecule has 0 amide bonds. The SMILES string of the molecule is [C-]1=CC=CC1.[CH3-].[CH3-].[Zr]=[C]1CCC1.c1ccc2c(c1)[cH-]c1ccccc12. The Morgan fingerprint density at radius 1 is 0.840 bits per heavy atom. The Balaban J connectivity index is 0.000000219. The molecule has 0 aliphatic heterocycles. The number of rotatable bonds is 0. The molecule has 0 radical (unpaired) electrons. The first-order chi connectivity index (χ1) is 11.3. The maximum atomic E-state index is 2.99. The summed E-state index contributed by atoms with van der Waals surface area (Å²) in [4.78, 5) is 0. The minimum absolute atomic E-state index is 0. The van der Waals surface area contributed by atoms with E-state index in [0.717, 1.165) is 6.42 Å². The van der Waals surface area contributed by atoms with E-state index in [0.29, 0.717) is 0 Å². The van der Waals surface area contributed by atoms with Gasteiger partial charge < -0.3 is 14.9 Å². The molecule has 0 unspecified atom stereocenters. The number of benzene rings is 2. The van der Waals surface area contributed by atoms with Crippen LogP contribution in [0.4, 0.5) is 0 Å². The molecular formula is C24H26Zr-4. The van der Waals surface area contributed by atoms with Gasteiger partial charge in [0, 0.05) is 0 Å². The third-order valence-corrected chi connectivity index (χ3v) is 5.29. The molecule has 1 fully saturated rings. The Labute approximate surface area is 167 Å². The summed E-state index contributed by atoms with van der Waals surface area (Å²) in [5.41, 5.74) is 0. The van der Waals surface area contributed by atoms with Gasteiger partial charge in [0.15, 0.2) is 0 Å². The molecule has 5 rings (SSSR count). The number of hydrogen-bond donors (Lipinski definition) is 0. The Hall–Kier alpha value is -1.46. The van der Waals surface area contributed by atoms with E-state index in [1.165, 1.54) is 40.8 Å². The van der Waals surface area contributed by atoms with Crippen LogP contribution in [-0.2, 0) is 24.2 Å². The van der Waals surface area contributed by atoms with Crippen molar-refractivity contribution in [3.05, 3.63) is 93.8 Å². The summed E-state index contributed by atoms with van der Waals surface area (Å²) in [7, 11) is 0. The van der Waals surface area contributed by atoms with Crippen molar-refractivity contribution in [3.8, 4) is 0 Å². The molecule has 3 aromatic carbocycles. The molecule has 0 nitrogen and oxygen atoms in total. The maximum absolute atomic E-state index is 2.99. The Morgan fingerprint density at radius 2 is 1.36 bits per heavy atom. The molecule has 130 valence electrons. The van der Waals surface area contributed by atoms with E-state index < -0.39 is 0 Å². The van der Waals surface area contributed by atoms with Gasteiger partial charge in [-0.05, 0) is 0 Å². The van der Waals surface area contributed by atoms with E-state index in [9.17, 15) is 0 Å². The van der Waals surface area contributed by atoms with Crippen molar-refractivity contribution < 1.29 is 24.2 Å². The van der Waals surface area contributed by atoms with Crippen molar-refractivity contribution in [3.63, 3.8) is 0 Å². The fourth-order valence-electron chi connectivity index (χ4n) is 2.60. The Morgan fingerprint density at radius 3 is 1.68 bits per heavy atom. The largest absolute Gasteiger partial charge is 0.126 e. The van der Waals surface area contributed by atoms with E-state index >= 15 is 0 Å². The zero-order valence-electron chi connectivity index (χ0n) is 15.3. The van der Waals surface area contributed by atoms with Crippen LogP contribution < -0.4 is 0 Å². The normalized spacial score (nSPS) is 13.6. The second kappa shape index (κ2) is 11.2. The second-order valence-corrected chi connectivity index (χ2v) is 7.52. The molecule has 1 heteroatoms. The smallest absolute Gasteiger partial charge is 0.0771 e. The number of allylic oxidation sites excluding steroid dienone is 4. The molecule has 3 aromatic rings. The van der Waals surface area contributed by atoms with E-state index in [-0.39, 0.29) is 14.9 Å². The number of hydrogen-bond acceptors (Lipinski definition) is 0. The number of fused-ring (bicyclic) bond motifs is 3. The summed E-state index contributed by atoms with van der Waals surface area (Å²) < 4.78 is 1.78.